The van der Waals surface area contributed by atoms with Crippen molar-refractivity contribution in [3.05, 3.63) is 47.8 Å². The van der Waals surface area contributed by atoms with Crippen LogP contribution in [-0.2, 0) is 9.53 Å². The molecule has 104 valence electrons. The van der Waals surface area contributed by atoms with Crippen molar-refractivity contribution >= 4 is 11.9 Å². The first-order valence-electron chi connectivity index (χ1n) is 6.43. The number of imidazole rings is 1. The van der Waals surface area contributed by atoms with Gasteiger partial charge in [-0.25, -0.2) is 9.78 Å². The molecule has 0 aliphatic carbocycles. The average molecular weight is 273 g/mol. The second-order valence-electron chi connectivity index (χ2n) is 4.46. The highest BCUT2D eigenvalue weighted by Crippen LogP contribution is 2.36. The van der Waals surface area contributed by atoms with Gasteiger partial charge in [-0.1, -0.05) is 0 Å². The smallest absolute Gasteiger partial charge is 0.338 e. The maximum atomic E-state index is 12.3. The minimum atomic E-state index is -0.359. The van der Waals surface area contributed by atoms with Crippen LogP contribution in [0.25, 0.3) is 0 Å². The fraction of sp³-hybridized carbons (Fsp3) is 0.286. The van der Waals surface area contributed by atoms with Crippen LogP contribution in [-0.4, -0.2) is 22.1 Å². The number of furan rings is 1. The highest BCUT2D eigenvalue weighted by atomic mass is 16.5. The Labute approximate surface area is 116 Å². The lowest BCUT2D eigenvalue weighted by Gasteiger charge is -2.27. The molecule has 0 bridgehead atoms. The summed E-state index contributed by atoms with van der Waals surface area (Å²) in [5.74, 6) is 1.00. The van der Waals surface area contributed by atoms with Crippen molar-refractivity contribution in [1.29, 1.82) is 0 Å². The van der Waals surface area contributed by atoms with E-state index in [1.165, 1.54) is 0 Å². The third kappa shape index (κ3) is 1.89. The van der Waals surface area contributed by atoms with E-state index in [0.29, 0.717) is 23.9 Å². The largest absolute Gasteiger partial charge is 0.467 e. The molecule has 0 aromatic carbocycles. The van der Waals surface area contributed by atoms with Crippen molar-refractivity contribution < 1.29 is 13.9 Å². The molecule has 1 aliphatic rings. The minimum Gasteiger partial charge on any atom is -0.467 e. The summed E-state index contributed by atoms with van der Waals surface area (Å²) < 4.78 is 12.5. The third-order valence-electron chi connectivity index (χ3n) is 3.23. The number of rotatable bonds is 3. The summed E-state index contributed by atoms with van der Waals surface area (Å²) in [7, 11) is 0. The van der Waals surface area contributed by atoms with Crippen molar-refractivity contribution in [2.45, 2.75) is 19.9 Å². The average Bonchev–Trinajstić information content (AvgIpc) is 3.07. The van der Waals surface area contributed by atoms with Gasteiger partial charge in [-0.05, 0) is 26.0 Å². The summed E-state index contributed by atoms with van der Waals surface area (Å²) in [6.45, 7) is 3.95. The summed E-state index contributed by atoms with van der Waals surface area (Å²) in [4.78, 5) is 16.5. The topological polar surface area (TPSA) is 69.3 Å². The van der Waals surface area contributed by atoms with Crippen LogP contribution < -0.4 is 5.32 Å². The quantitative estimate of drug-likeness (QED) is 0.869. The third-order valence-corrected chi connectivity index (χ3v) is 3.23. The Morgan fingerprint density at radius 3 is 3.15 bits per heavy atom. The van der Waals surface area contributed by atoms with E-state index in [1.807, 2.05) is 17.6 Å². The second-order valence-corrected chi connectivity index (χ2v) is 4.46. The van der Waals surface area contributed by atoms with Crippen molar-refractivity contribution in [2.75, 3.05) is 11.9 Å². The van der Waals surface area contributed by atoms with Crippen molar-refractivity contribution in [1.82, 2.24) is 9.55 Å². The number of hydrogen-bond donors (Lipinski definition) is 1. The number of allylic oxidation sites excluding steroid dienone is 1. The predicted octanol–water partition coefficient (Wildman–Crippen LogP) is 2.33. The lowest BCUT2D eigenvalue weighted by atomic mass is 10.0. The van der Waals surface area contributed by atoms with E-state index in [2.05, 4.69) is 10.3 Å². The summed E-state index contributed by atoms with van der Waals surface area (Å²) in [6, 6.07) is 3.28. The van der Waals surface area contributed by atoms with Gasteiger partial charge in [0.15, 0.2) is 0 Å². The fourth-order valence-electron chi connectivity index (χ4n) is 2.40. The molecule has 20 heavy (non-hydrogen) atoms. The van der Waals surface area contributed by atoms with Gasteiger partial charge < -0.3 is 19.0 Å². The number of nitrogens with zero attached hydrogens (tertiary/aromatic N) is 2. The number of carbonyl (C=O) groups is 1. The Bertz CT molecular complexity index is 655. The minimum absolute atomic E-state index is 0.331. The predicted molar refractivity (Wildman–Crippen MR) is 72.0 cm³/mol. The molecule has 1 N–H and O–H groups in total. The highest BCUT2D eigenvalue weighted by molar-refractivity contribution is 5.92. The Hall–Kier alpha value is -2.50. The highest BCUT2D eigenvalue weighted by Gasteiger charge is 2.34. The van der Waals surface area contributed by atoms with Gasteiger partial charge in [-0.2, -0.15) is 0 Å². The van der Waals surface area contributed by atoms with Gasteiger partial charge >= 0.3 is 5.97 Å². The molecule has 0 saturated heterocycles. The lowest BCUT2D eigenvalue weighted by molar-refractivity contribution is -0.139. The summed E-state index contributed by atoms with van der Waals surface area (Å²) in [5, 5.41) is 3.11. The number of aromatic nitrogens is 2. The first kappa shape index (κ1) is 12.5. The lowest BCUT2D eigenvalue weighted by Crippen LogP contribution is -2.28. The van der Waals surface area contributed by atoms with E-state index < -0.39 is 0 Å². The molecule has 1 unspecified atom stereocenters. The molecule has 1 aliphatic heterocycles. The maximum absolute atomic E-state index is 12.3. The number of carbonyl (C=O) groups excluding carboxylic acids is 1. The number of fused-ring (bicyclic) bond motifs is 1. The van der Waals surface area contributed by atoms with Gasteiger partial charge in [0.05, 0.1) is 18.4 Å². The Balaban J connectivity index is 2.12. The van der Waals surface area contributed by atoms with Crippen LogP contribution in [0.3, 0.4) is 0 Å². The molecule has 1 atom stereocenters. The van der Waals surface area contributed by atoms with Gasteiger partial charge in [0.1, 0.15) is 11.8 Å². The van der Waals surface area contributed by atoms with E-state index in [0.717, 1.165) is 5.70 Å². The van der Waals surface area contributed by atoms with Gasteiger partial charge in [0.25, 0.3) is 0 Å². The molecule has 6 heteroatoms. The number of esters is 1. The molecule has 2 aromatic rings. The molecular weight excluding hydrogens is 258 g/mol. The molecule has 0 amide bonds. The molecule has 3 rings (SSSR count). The molecule has 3 heterocycles. The standard InChI is InChI=1S/C14H15N3O3/c1-3-19-13(18)11-9(2)16-14-15-6-7-17(14)12(11)10-5-4-8-20-10/h4-8,12H,3H2,1-2H3,(H,15,16). The van der Waals surface area contributed by atoms with Gasteiger partial charge in [-0.15, -0.1) is 0 Å². The van der Waals surface area contributed by atoms with Crippen molar-refractivity contribution in [2.24, 2.45) is 0 Å². The SMILES string of the molecule is CCOC(=O)C1=C(C)Nc2nccn2C1c1ccco1. The summed E-state index contributed by atoms with van der Waals surface area (Å²) >= 11 is 0. The van der Waals surface area contributed by atoms with Crippen LogP contribution in [0.4, 0.5) is 5.95 Å². The summed E-state index contributed by atoms with van der Waals surface area (Å²) in [6.07, 6.45) is 5.08. The number of ether oxygens (including phenoxy) is 1. The fourth-order valence-corrected chi connectivity index (χ4v) is 2.40. The van der Waals surface area contributed by atoms with Crippen LogP contribution in [0.1, 0.15) is 25.6 Å². The molecule has 0 saturated carbocycles. The van der Waals surface area contributed by atoms with E-state index in [4.69, 9.17) is 9.15 Å². The molecule has 6 nitrogen and oxygen atoms in total. The van der Waals surface area contributed by atoms with E-state index >= 15 is 0 Å². The Morgan fingerprint density at radius 1 is 1.60 bits per heavy atom. The zero-order valence-corrected chi connectivity index (χ0v) is 11.3. The molecule has 0 spiro atoms. The van der Waals surface area contributed by atoms with Gasteiger partial charge in [0, 0.05) is 18.1 Å². The first-order chi connectivity index (χ1) is 9.72. The number of anilines is 1. The van der Waals surface area contributed by atoms with Crippen LogP contribution in [0, 0.1) is 0 Å². The van der Waals surface area contributed by atoms with E-state index in [9.17, 15) is 4.79 Å². The van der Waals surface area contributed by atoms with E-state index in [-0.39, 0.29) is 12.0 Å². The maximum Gasteiger partial charge on any atom is 0.338 e. The molecular formula is C14H15N3O3. The molecule has 2 aromatic heterocycles. The van der Waals surface area contributed by atoms with Crippen molar-refractivity contribution in [3.8, 4) is 0 Å². The Kier molecular flexibility index (Phi) is 3.06. The molecule has 0 radical (unpaired) electrons. The van der Waals surface area contributed by atoms with Gasteiger partial charge in [0.2, 0.25) is 5.95 Å². The number of nitrogens with one attached hydrogen (secondary N) is 1. The van der Waals surface area contributed by atoms with Crippen molar-refractivity contribution in [3.63, 3.8) is 0 Å². The van der Waals surface area contributed by atoms with Crippen LogP contribution in [0.5, 0.6) is 0 Å². The van der Waals surface area contributed by atoms with Gasteiger partial charge in [-0.3, -0.25) is 0 Å². The normalized spacial score (nSPS) is 17.6. The summed E-state index contributed by atoms with van der Waals surface area (Å²) in [5.41, 5.74) is 1.26. The molecule has 0 fully saturated rings. The first-order valence-corrected chi connectivity index (χ1v) is 6.43. The van der Waals surface area contributed by atoms with Crippen LogP contribution >= 0.6 is 0 Å². The van der Waals surface area contributed by atoms with E-state index in [1.54, 1.807) is 31.6 Å². The van der Waals surface area contributed by atoms with Crippen LogP contribution in [0.15, 0.2) is 46.5 Å². The Morgan fingerprint density at radius 2 is 2.45 bits per heavy atom. The second kappa shape index (κ2) is 4.88. The zero-order valence-electron chi connectivity index (χ0n) is 11.3. The number of hydrogen-bond acceptors (Lipinski definition) is 5. The monoisotopic (exact) mass is 273 g/mol. The van der Waals surface area contributed by atoms with Crippen LogP contribution in [0.2, 0.25) is 0 Å². The zero-order chi connectivity index (χ0) is 14.1.